The summed E-state index contributed by atoms with van der Waals surface area (Å²) in [5, 5.41) is 9.60. The fourth-order valence-corrected chi connectivity index (χ4v) is 1.06. The molecule has 15 heavy (non-hydrogen) atoms. The molecular formula is C9H18N6. The SMILES string of the molecule is CC(C)(C)NC(N)=NCCc1ncn[nH]1. The molecule has 0 aliphatic carbocycles. The highest BCUT2D eigenvalue weighted by Crippen LogP contribution is 1.97. The van der Waals surface area contributed by atoms with Crippen molar-refractivity contribution in [1.82, 2.24) is 20.5 Å². The first-order valence-electron chi connectivity index (χ1n) is 4.90. The van der Waals surface area contributed by atoms with Gasteiger partial charge in [0.25, 0.3) is 0 Å². The highest BCUT2D eigenvalue weighted by Gasteiger charge is 2.09. The molecule has 0 atom stereocenters. The van der Waals surface area contributed by atoms with E-state index in [-0.39, 0.29) is 5.54 Å². The van der Waals surface area contributed by atoms with Gasteiger partial charge in [0.1, 0.15) is 12.2 Å². The summed E-state index contributed by atoms with van der Waals surface area (Å²) in [4.78, 5) is 8.17. The average molecular weight is 210 g/mol. The van der Waals surface area contributed by atoms with Crippen molar-refractivity contribution < 1.29 is 0 Å². The van der Waals surface area contributed by atoms with Crippen LogP contribution in [-0.4, -0.2) is 33.2 Å². The minimum absolute atomic E-state index is 0.0557. The highest BCUT2D eigenvalue weighted by atomic mass is 15.2. The van der Waals surface area contributed by atoms with Crippen molar-refractivity contribution in [2.75, 3.05) is 6.54 Å². The zero-order valence-corrected chi connectivity index (χ0v) is 9.41. The zero-order chi connectivity index (χ0) is 11.3. The third kappa shape index (κ3) is 4.99. The first-order valence-corrected chi connectivity index (χ1v) is 4.90. The summed E-state index contributed by atoms with van der Waals surface area (Å²) in [5.41, 5.74) is 5.64. The molecule has 4 N–H and O–H groups in total. The second-order valence-corrected chi connectivity index (χ2v) is 4.32. The van der Waals surface area contributed by atoms with Crippen molar-refractivity contribution in [3.05, 3.63) is 12.2 Å². The fraction of sp³-hybridized carbons (Fsp3) is 0.667. The monoisotopic (exact) mass is 210 g/mol. The molecule has 0 aliphatic heterocycles. The zero-order valence-electron chi connectivity index (χ0n) is 9.41. The van der Waals surface area contributed by atoms with Crippen LogP contribution in [0.15, 0.2) is 11.3 Å². The summed E-state index contributed by atoms with van der Waals surface area (Å²) in [5.74, 6) is 1.28. The van der Waals surface area contributed by atoms with E-state index in [1.807, 2.05) is 20.8 Å². The van der Waals surface area contributed by atoms with Gasteiger partial charge >= 0.3 is 0 Å². The molecule has 0 aliphatic rings. The molecule has 1 aromatic heterocycles. The van der Waals surface area contributed by atoms with E-state index in [0.29, 0.717) is 18.9 Å². The molecule has 0 amide bonds. The summed E-state index contributed by atoms with van der Waals surface area (Å²) in [6.07, 6.45) is 2.20. The van der Waals surface area contributed by atoms with Gasteiger partial charge in [-0.1, -0.05) is 0 Å². The van der Waals surface area contributed by atoms with Crippen LogP contribution >= 0.6 is 0 Å². The average Bonchev–Trinajstić information content (AvgIpc) is 2.53. The minimum atomic E-state index is -0.0557. The lowest BCUT2D eigenvalue weighted by atomic mass is 10.1. The number of nitrogens with one attached hydrogen (secondary N) is 2. The van der Waals surface area contributed by atoms with Crippen molar-refractivity contribution in [2.24, 2.45) is 10.7 Å². The van der Waals surface area contributed by atoms with Crippen LogP contribution < -0.4 is 11.1 Å². The maximum atomic E-state index is 5.69. The van der Waals surface area contributed by atoms with Gasteiger partial charge in [-0.2, -0.15) is 5.10 Å². The molecule has 1 rings (SSSR count). The number of hydrogen-bond acceptors (Lipinski definition) is 3. The smallest absolute Gasteiger partial charge is 0.188 e. The number of H-pyrrole nitrogens is 1. The van der Waals surface area contributed by atoms with E-state index in [4.69, 9.17) is 5.73 Å². The topological polar surface area (TPSA) is 92.0 Å². The summed E-state index contributed by atoms with van der Waals surface area (Å²) >= 11 is 0. The van der Waals surface area contributed by atoms with Gasteiger partial charge in [0.15, 0.2) is 5.96 Å². The quantitative estimate of drug-likeness (QED) is 0.485. The van der Waals surface area contributed by atoms with Crippen molar-refractivity contribution >= 4 is 5.96 Å². The van der Waals surface area contributed by atoms with Crippen LogP contribution in [-0.2, 0) is 6.42 Å². The maximum absolute atomic E-state index is 5.69. The minimum Gasteiger partial charge on any atom is -0.370 e. The van der Waals surface area contributed by atoms with Gasteiger partial charge in [0, 0.05) is 18.5 Å². The number of nitrogens with zero attached hydrogens (tertiary/aromatic N) is 3. The van der Waals surface area contributed by atoms with E-state index >= 15 is 0 Å². The van der Waals surface area contributed by atoms with E-state index in [9.17, 15) is 0 Å². The molecule has 0 unspecified atom stereocenters. The van der Waals surface area contributed by atoms with E-state index in [2.05, 4.69) is 25.5 Å². The number of aliphatic imine (C=N–C) groups is 1. The van der Waals surface area contributed by atoms with Crippen molar-refractivity contribution in [3.8, 4) is 0 Å². The van der Waals surface area contributed by atoms with Crippen LogP contribution in [0.3, 0.4) is 0 Å². The number of hydrogen-bond donors (Lipinski definition) is 3. The lowest BCUT2D eigenvalue weighted by Gasteiger charge is -2.20. The molecule has 1 aromatic rings. The lowest BCUT2D eigenvalue weighted by molar-refractivity contribution is 0.508. The van der Waals surface area contributed by atoms with Crippen molar-refractivity contribution in [1.29, 1.82) is 0 Å². The predicted octanol–water partition coefficient (Wildman–Crippen LogP) is 0.0500. The Hall–Kier alpha value is -1.59. The number of aromatic amines is 1. The molecule has 0 radical (unpaired) electrons. The molecule has 0 saturated carbocycles. The summed E-state index contributed by atoms with van der Waals surface area (Å²) in [7, 11) is 0. The van der Waals surface area contributed by atoms with Gasteiger partial charge in [0.05, 0.1) is 0 Å². The Bertz CT molecular complexity index is 308. The van der Waals surface area contributed by atoms with Gasteiger partial charge in [-0.3, -0.25) is 10.1 Å². The predicted molar refractivity (Wildman–Crippen MR) is 59.5 cm³/mol. The third-order valence-corrected chi connectivity index (χ3v) is 1.60. The highest BCUT2D eigenvalue weighted by molar-refractivity contribution is 5.78. The Labute approximate surface area is 89.4 Å². The first-order chi connectivity index (χ1) is 6.97. The van der Waals surface area contributed by atoms with Crippen LogP contribution in [0.1, 0.15) is 26.6 Å². The molecule has 0 bridgehead atoms. The van der Waals surface area contributed by atoms with E-state index in [1.54, 1.807) is 0 Å². The maximum Gasteiger partial charge on any atom is 0.188 e. The Morgan fingerprint density at radius 2 is 2.33 bits per heavy atom. The molecule has 6 nitrogen and oxygen atoms in total. The van der Waals surface area contributed by atoms with Crippen LogP contribution in [0.2, 0.25) is 0 Å². The van der Waals surface area contributed by atoms with Gasteiger partial charge in [-0.05, 0) is 20.8 Å². The Morgan fingerprint density at radius 3 is 2.87 bits per heavy atom. The Morgan fingerprint density at radius 1 is 1.60 bits per heavy atom. The molecule has 0 saturated heterocycles. The Balaban J connectivity index is 2.32. The van der Waals surface area contributed by atoms with E-state index in [1.165, 1.54) is 6.33 Å². The Kier molecular flexibility index (Phi) is 3.65. The lowest BCUT2D eigenvalue weighted by Crippen LogP contribution is -2.45. The molecular weight excluding hydrogens is 192 g/mol. The number of aromatic nitrogens is 3. The molecule has 0 aromatic carbocycles. The number of rotatable bonds is 3. The molecule has 1 heterocycles. The number of guanidine groups is 1. The summed E-state index contributed by atoms with van der Waals surface area (Å²) in [6.45, 7) is 6.70. The molecule has 0 fully saturated rings. The van der Waals surface area contributed by atoms with E-state index in [0.717, 1.165) is 5.82 Å². The van der Waals surface area contributed by atoms with Gasteiger partial charge in [-0.15, -0.1) is 0 Å². The summed E-state index contributed by atoms with van der Waals surface area (Å²) < 4.78 is 0. The van der Waals surface area contributed by atoms with Gasteiger partial charge in [0.2, 0.25) is 0 Å². The fourth-order valence-electron chi connectivity index (χ4n) is 1.06. The van der Waals surface area contributed by atoms with Gasteiger partial charge in [-0.25, -0.2) is 4.98 Å². The normalized spacial score (nSPS) is 12.9. The standard InChI is InChI=1S/C9H18N6/c1-9(2,3)14-8(10)11-5-4-7-12-6-13-15-7/h6H,4-5H2,1-3H3,(H3,10,11,14)(H,12,13,15). The molecule has 6 heteroatoms. The third-order valence-electron chi connectivity index (χ3n) is 1.60. The molecule has 84 valence electrons. The second-order valence-electron chi connectivity index (χ2n) is 4.32. The largest absolute Gasteiger partial charge is 0.370 e. The second kappa shape index (κ2) is 4.77. The van der Waals surface area contributed by atoms with Crippen LogP contribution in [0.5, 0.6) is 0 Å². The van der Waals surface area contributed by atoms with Crippen molar-refractivity contribution in [3.63, 3.8) is 0 Å². The first kappa shape index (κ1) is 11.5. The van der Waals surface area contributed by atoms with Gasteiger partial charge < -0.3 is 11.1 Å². The summed E-state index contributed by atoms with van der Waals surface area (Å²) in [6, 6.07) is 0. The van der Waals surface area contributed by atoms with Crippen molar-refractivity contribution in [2.45, 2.75) is 32.7 Å². The van der Waals surface area contributed by atoms with Crippen LogP contribution in [0, 0.1) is 0 Å². The number of nitrogens with two attached hydrogens (primary N) is 1. The van der Waals surface area contributed by atoms with E-state index < -0.39 is 0 Å². The molecule has 0 spiro atoms. The van der Waals surface area contributed by atoms with Crippen LogP contribution in [0.4, 0.5) is 0 Å². The van der Waals surface area contributed by atoms with Crippen LogP contribution in [0.25, 0.3) is 0 Å².